The van der Waals surface area contributed by atoms with E-state index in [4.69, 9.17) is 4.52 Å². The van der Waals surface area contributed by atoms with Crippen LogP contribution in [0.3, 0.4) is 0 Å². The smallest absolute Gasteiger partial charge is 0.393 e. The quantitative estimate of drug-likeness (QED) is 0.634. The van der Waals surface area contributed by atoms with E-state index in [1.807, 2.05) is 7.05 Å². The van der Waals surface area contributed by atoms with Crippen LogP contribution in [0.25, 0.3) is 11.3 Å². The number of amides is 1. The summed E-state index contributed by atoms with van der Waals surface area (Å²) in [4.78, 5) is 17.6. The number of rotatable bonds is 6. The summed E-state index contributed by atoms with van der Waals surface area (Å²) in [7, 11) is 4.07. The molecule has 0 unspecified atom stereocenters. The summed E-state index contributed by atoms with van der Waals surface area (Å²) in [6.45, 7) is 2.33. The number of likely N-dealkylation sites (tertiary alicyclic amines) is 1. The Morgan fingerprint density at radius 2 is 1.89 bits per heavy atom. The monoisotopic (exact) mass is 494 g/mol. The number of hydrogen-bond donors (Lipinski definition) is 2. The van der Waals surface area contributed by atoms with Gasteiger partial charge in [-0.2, -0.15) is 13.2 Å². The molecule has 2 heterocycles. The number of aromatic nitrogens is 1. The molecule has 0 radical (unpaired) electrons. The molecule has 1 aromatic carbocycles. The van der Waals surface area contributed by atoms with Gasteiger partial charge in [0, 0.05) is 29.8 Å². The first kappa shape index (κ1) is 25.7. The van der Waals surface area contributed by atoms with Crippen molar-refractivity contribution >= 4 is 5.91 Å². The van der Waals surface area contributed by atoms with E-state index in [-0.39, 0.29) is 11.7 Å². The van der Waals surface area contributed by atoms with E-state index in [0.717, 1.165) is 57.3 Å². The molecule has 2 aromatic rings. The SMILES string of the molecule is CN1CCC(N(C)Cc2c(C(=O)N[C@@H]3CCC[C@H](O)C3)noc2-c2ccc(C(F)(F)F)cc2)CC1. The van der Waals surface area contributed by atoms with Crippen molar-refractivity contribution in [1.29, 1.82) is 0 Å². The molecule has 35 heavy (non-hydrogen) atoms. The van der Waals surface area contributed by atoms with Crippen LogP contribution < -0.4 is 5.32 Å². The molecule has 10 heteroatoms. The third-order valence-electron chi connectivity index (χ3n) is 7.18. The minimum Gasteiger partial charge on any atom is -0.393 e. The molecule has 1 aliphatic heterocycles. The Hall–Kier alpha value is -2.43. The molecular formula is C25H33F3N4O3. The first-order chi connectivity index (χ1) is 16.6. The molecule has 4 rings (SSSR count). The van der Waals surface area contributed by atoms with E-state index in [1.165, 1.54) is 12.1 Å². The van der Waals surface area contributed by atoms with Gasteiger partial charge >= 0.3 is 6.18 Å². The van der Waals surface area contributed by atoms with E-state index in [1.54, 1.807) is 0 Å². The number of nitrogens with one attached hydrogen (secondary N) is 1. The average Bonchev–Trinajstić information content (AvgIpc) is 3.22. The Kier molecular flexibility index (Phi) is 7.83. The average molecular weight is 495 g/mol. The van der Waals surface area contributed by atoms with Crippen molar-refractivity contribution in [3.63, 3.8) is 0 Å². The molecule has 1 amide bonds. The van der Waals surface area contributed by atoms with Crippen molar-refractivity contribution in [3.8, 4) is 11.3 Å². The number of aliphatic hydroxyl groups is 1. The van der Waals surface area contributed by atoms with E-state index in [9.17, 15) is 23.1 Å². The molecule has 2 atom stereocenters. The minimum absolute atomic E-state index is 0.139. The van der Waals surface area contributed by atoms with Gasteiger partial charge in [0.2, 0.25) is 0 Å². The number of aliphatic hydroxyl groups excluding tert-OH is 1. The number of benzene rings is 1. The van der Waals surface area contributed by atoms with Gasteiger partial charge in [-0.15, -0.1) is 0 Å². The lowest BCUT2D eigenvalue weighted by atomic mass is 9.93. The van der Waals surface area contributed by atoms with Crippen LogP contribution in [-0.2, 0) is 12.7 Å². The second-order valence-electron chi connectivity index (χ2n) is 9.85. The van der Waals surface area contributed by atoms with Crippen molar-refractivity contribution in [2.45, 2.75) is 69.4 Å². The van der Waals surface area contributed by atoms with Gasteiger partial charge in [0.25, 0.3) is 5.91 Å². The minimum atomic E-state index is -4.44. The van der Waals surface area contributed by atoms with Crippen LogP contribution in [0.4, 0.5) is 13.2 Å². The van der Waals surface area contributed by atoms with Gasteiger partial charge < -0.3 is 19.8 Å². The summed E-state index contributed by atoms with van der Waals surface area (Å²) in [6, 6.07) is 4.86. The van der Waals surface area contributed by atoms with Crippen LogP contribution in [0.15, 0.2) is 28.8 Å². The number of carbonyl (C=O) groups excluding carboxylic acids is 1. The number of piperidine rings is 1. The fraction of sp³-hybridized carbons (Fsp3) is 0.600. The second kappa shape index (κ2) is 10.7. The van der Waals surface area contributed by atoms with Crippen molar-refractivity contribution < 1.29 is 27.6 Å². The Labute approximate surface area is 203 Å². The van der Waals surface area contributed by atoms with E-state index < -0.39 is 23.8 Å². The Morgan fingerprint density at radius 1 is 1.20 bits per heavy atom. The molecule has 2 N–H and O–H groups in total. The predicted octanol–water partition coefficient (Wildman–Crippen LogP) is 3.92. The van der Waals surface area contributed by atoms with Crippen LogP contribution >= 0.6 is 0 Å². The van der Waals surface area contributed by atoms with Gasteiger partial charge in [-0.1, -0.05) is 17.3 Å². The summed E-state index contributed by atoms with van der Waals surface area (Å²) < 4.78 is 44.7. The third-order valence-corrected chi connectivity index (χ3v) is 7.18. The zero-order valence-electron chi connectivity index (χ0n) is 20.1. The first-order valence-corrected chi connectivity index (χ1v) is 12.2. The largest absolute Gasteiger partial charge is 0.416 e. The number of halogens is 3. The van der Waals surface area contributed by atoms with E-state index in [0.29, 0.717) is 35.9 Å². The molecular weight excluding hydrogens is 461 g/mol. The molecule has 1 saturated heterocycles. The molecule has 0 spiro atoms. The summed E-state index contributed by atoms with van der Waals surface area (Å²) in [5.41, 5.74) is 0.379. The maximum Gasteiger partial charge on any atom is 0.416 e. The fourth-order valence-corrected chi connectivity index (χ4v) is 5.03. The van der Waals surface area contributed by atoms with Crippen LogP contribution in [0, 0.1) is 0 Å². The molecule has 1 aliphatic carbocycles. The van der Waals surface area contributed by atoms with Gasteiger partial charge in [0.1, 0.15) is 0 Å². The topological polar surface area (TPSA) is 81.8 Å². The van der Waals surface area contributed by atoms with E-state index >= 15 is 0 Å². The van der Waals surface area contributed by atoms with Gasteiger partial charge in [-0.3, -0.25) is 9.69 Å². The van der Waals surface area contributed by atoms with Crippen LogP contribution in [0.1, 0.15) is 60.1 Å². The fourth-order valence-electron chi connectivity index (χ4n) is 5.03. The molecule has 2 aliphatic rings. The Bertz CT molecular complexity index is 1000. The molecule has 1 saturated carbocycles. The zero-order chi connectivity index (χ0) is 25.2. The zero-order valence-corrected chi connectivity index (χ0v) is 20.1. The van der Waals surface area contributed by atoms with Crippen molar-refractivity contribution in [3.05, 3.63) is 41.1 Å². The van der Waals surface area contributed by atoms with Gasteiger partial charge in [0.05, 0.1) is 11.7 Å². The molecule has 192 valence electrons. The van der Waals surface area contributed by atoms with E-state index in [2.05, 4.69) is 27.3 Å². The number of nitrogens with zero attached hydrogens (tertiary/aromatic N) is 3. The number of alkyl halides is 3. The van der Waals surface area contributed by atoms with Crippen molar-refractivity contribution in [1.82, 2.24) is 20.3 Å². The van der Waals surface area contributed by atoms with Crippen LogP contribution in [-0.4, -0.2) is 71.3 Å². The Morgan fingerprint density at radius 3 is 2.51 bits per heavy atom. The highest BCUT2D eigenvalue weighted by atomic mass is 19.4. The highest BCUT2D eigenvalue weighted by Crippen LogP contribution is 2.33. The number of carbonyl (C=O) groups is 1. The van der Waals surface area contributed by atoms with Gasteiger partial charge in [-0.25, -0.2) is 0 Å². The van der Waals surface area contributed by atoms with Gasteiger partial charge in [0.15, 0.2) is 11.5 Å². The molecule has 2 fully saturated rings. The summed E-state index contributed by atoms with van der Waals surface area (Å²) >= 11 is 0. The van der Waals surface area contributed by atoms with Crippen molar-refractivity contribution in [2.24, 2.45) is 0 Å². The number of hydrogen-bond acceptors (Lipinski definition) is 6. The Balaban J connectivity index is 1.60. The lowest BCUT2D eigenvalue weighted by Crippen LogP contribution is -2.42. The highest BCUT2D eigenvalue weighted by molar-refractivity contribution is 5.95. The third kappa shape index (κ3) is 6.23. The first-order valence-electron chi connectivity index (χ1n) is 12.2. The summed E-state index contributed by atoms with van der Waals surface area (Å²) in [6.07, 6.45) is -0.104. The standard InChI is InChI=1S/C25H33F3N4O3/c1-31-12-10-19(11-13-31)32(2)15-21-22(24(34)29-18-4-3-5-20(33)14-18)30-35-23(21)16-6-8-17(9-7-16)25(26,27)28/h6-9,18-20,33H,3-5,10-15H2,1-2H3,(H,29,34)/t18-,20+/m1/s1. The lowest BCUT2D eigenvalue weighted by molar-refractivity contribution is -0.137. The second-order valence-corrected chi connectivity index (χ2v) is 9.85. The maximum atomic E-state index is 13.2. The summed E-state index contributed by atoms with van der Waals surface area (Å²) in [5, 5.41) is 17.0. The molecule has 0 bridgehead atoms. The molecule has 1 aromatic heterocycles. The highest BCUT2D eigenvalue weighted by Gasteiger charge is 2.32. The lowest BCUT2D eigenvalue weighted by Gasteiger charge is -2.35. The van der Waals surface area contributed by atoms with Crippen LogP contribution in [0.5, 0.6) is 0 Å². The van der Waals surface area contributed by atoms with Crippen LogP contribution in [0.2, 0.25) is 0 Å². The normalized spacial score (nSPS) is 22.5. The maximum absolute atomic E-state index is 13.2. The molecule has 7 nitrogen and oxygen atoms in total. The predicted molar refractivity (Wildman–Crippen MR) is 125 cm³/mol. The summed E-state index contributed by atoms with van der Waals surface area (Å²) in [5.74, 6) is -0.0925. The van der Waals surface area contributed by atoms with Crippen molar-refractivity contribution in [2.75, 3.05) is 27.2 Å². The van der Waals surface area contributed by atoms with Gasteiger partial charge in [-0.05, 0) is 77.8 Å².